The Morgan fingerprint density at radius 2 is 2.28 bits per heavy atom. The summed E-state index contributed by atoms with van der Waals surface area (Å²) in [5.41, 5.74) is 0. The fourth-order valence-corrected chi connectivity index (χ4v) is 2.27. The summed E-state index contributed by atoms with van der Waals surface area (Å²) in [6.45, 7) is 7.85. The van der Waals surface area contributed by atoms with E-state index in [-0.39, 0.29) is 0 Å². The Hall–Kier alpha value is -0.940. The zero-order valence-corrected chi connectivity index (χ0v) is 11.6. The van der Waals surface area contributed by atoms with E-state index in [0.717, 1.165) is 45.0 Å². The first-order chi connectivity index (χ1) is 8.63. The van der Waals surface area contributed by atoms with Crippen molar-refractivity contribution < 1.29 is 9.26 Å². The van der Waals surface area contributed by atoms with Crippen molar-refractivity contribution in [1.29, 1.82) is 0 Å². The van der Waals surface area contributed by atoms with Gasteiger partial charge in [0, 0.05) is 19.6 Å². The molecule has 0 saturated carbocycles. The molecule has 5 heteroatoms. The summed E-state index contributed by atoms with van der Waals surface area (Å²) in [6.07, 6.45) is 2.04. The Morgan fingerprint density at radius 1 is 1.44 bits per heavy atom. The lowest BCUT2D eigenvalue weighted by molar-refractivity contribution is 0.169. The average Bonchev–Trinajstić information content (AvgIpc) is 2.89. The molecule has 0 amide bonds. The van der Waals surface area contributed by atoms with Gasteiger partial charge < -0.3 is 9.26 Å². The lowest BCUT2D eigenvalue weighted by Crippen LogP contribution is -2.25. The monoisotopic (exact) mass is 253 g/mol. The van der Waals surface area contributed by atoms with E-state index in [1.54, 1.807) is 0 Å². The molecular formula is C13H23N3O2. The van der Waals surface area contributed by atoms with E-state index in [2.05, 4.69) is 35.9 Å². The average molecular weight is 253 g/mol. The Labute approximate surface area is 108 Å². The SMILES string of the molecule is CC(C)Cc1noc(CN(C)C[C@@H]2CCOC2)n1. The van der Waals surface area contributed by atoms with E-state index in [0.29, 0.717) is 17.7 Å². The highest BCUT2D eigenvalue weighted by Gasteiger charge is 2.18. The van der Waals surface area contributed by atoms with Crippen LogP contribution in [0.2, 0.25) is 0 Å². The van der Waals surface area contributed by atoms with Gasteiger partial charge in [0.25, 0.3) is 0 Å². The number of hydrogen-bond donors (Lipinski definition) is 0. The van der Waals surface area contributed by atoms with Crippen LogP contribution < -0.4 is 0 Å². The zero-order chi connectivity index (χ0) is 13.0. The normalized spacial score (nSPS) is 20.2. The van der Waals surface area contributed by atoms with E-state index in [9.17, 15) is 0 Å². The topological polar surface area (TPSA) is 51.4 Å². The van der Waals surface area contributed by atoms with Gasteiger partial charge in [-0.25, -0.2) is 0 Å². The number of hydrogen-bond acceptors (Lipinski definition) is 5. The summed E-state index contributed by atoms with van der Waals surface area (Å²) in [4.78, 5) is 6.64. The molecule has 0 aliphatic carbocycles. The van der Waals surface area contributed by atoms with E-state index in [4.69, 9.17) is 9.26 Å². The second-order valence-corrected chi connectivity index (χ2v) is 5.63. The van der Waals surface area contributed by atoms with Crippen molar-refractivity contribution in [3.63, 3.8) is 0 Å². The first-order valence-electron chi connectivity index (χ1n) is 6.71. The highest BCUT2D eigenvalue weighted by molar-refractivity contribution is 4.87. The van der Waals surface area contributed by atoms with Gasteiger partial charge in [0.2, 0.25) is 5.89 Å². The summed E-state index contributed by atoms with van der Waals surface area (Å²) in [7, 11) is 2.09. The third-order valence-electron chi connectivity index (χ3n) is 3.10. The van der Waals surface area contributed by atoms with Crippen LogP contribution in [0.5, 0.6) is 0 Å². The molecule has 0 aromatic carbocycles. The fourth-order valence-electron chi connectivity index (χ4n) is 2.27. The molecule has 102 valence electrons. The van der Waals surface area contributed by atoms with Crippen molar-refractivity contribution in [2.45, 2.75) is 33.2 Å². The Kier molecular flexibility index (Phi) is 4.72. The molecule has 1 aliphatic rings. The van der Waals surface area contributed by atoms with Gasteiger partial charge in [-0.1, -0.05) is 19.0 Å². The fraction of sp³-hybridized carbons (Fsp3) is 0.846. The number of nitrogens with zero attached hydrogens (tertiary/aromatic N) is 3. The van der Waals surface area contributed by atoms with Gasteiger partial charge >= 0.3 is 0 Å². The van der Waals surface area contributed by atoms with Gasteiger partial charge in [-0.15, -0.1) is 0 Å². The summed E-state index contributed by atoms with van der Waals surface area (Å²) in [6, 6.07) is 0. The molecule has 0 unspecified atom stereocenters. The maximum Gasteiger partial charge on any atom is 0.240 e. The smallest absolute Gasteiger partial charge is 0.240 e. The van der Waals surface area contributed by atoms with Crippen molar-refractivity contribution in [2.24, 2.45) is 11.8 Å². The summed E-state index contributed by atoms with van der Waals surface area (Å²) in [5.74, 6) is 2.74. The van der Waals surface area contributed by atoms with Crippen molar-refractivity contribution in [3.8, 4) is 0 Å². The van der Waals surface area contributed by atoms with Crippen LogP contribution in [-0.2, 0) is 17.7 Å². The molecule has 1 aromatic heterocycles. The van der Waals surface area contributed by atoms with E-state index >= 15 is 0 Å². The van der Waals surface area contributed by atoms with Crippen LogP contribution in [0.1, 0.15) is 32.0 Å². The van der Waals surface area contributed by atoms with Gasteiger partial charge in [-0.2, -0.15) is 4.98 Å². The summed E-state index contributed by atoms with van der Waals surface area (Å²) < 4.78 is 10.6. The second kappa shape index (κ2) is 6.29. The zero-order valence-electron chi connectivity index (χ0n) is 11.6. The summed E-state index contributed by atoms with van der Waals surface area (Å²) in [5, 5.41) is 4.00. The van der Waals surface area contributed by atoms with Crippen molar-refractivity contribution in [2.75, 3.05) is 26.8 Å². The second-order valence-electron chi connectivity index (χ2n) is 5.63. The molecule has 2 rings (SSSR count). The molecule has 0 N–H and O–H groups in total. The minimum Gasteiger partial charge on any atom is -0.381 e. The van der Waals surface area contributed by atoms with Crippen LogP contribution in [-0.4, -0.2) is 41.8 Å². The molecule has 1 aliphatic heterocycles. The Balaban J connectivity index is 1.79. The van der Waals surface area contributed by atoms with E-state index in [1.165, 1.54) is 0 Å². The lowest BCUT2D eigenvalue weighted by atomic mass is 10.1. The van der Waals surface area contributed by atoms with Crippen molar-refractivity contribution in [1.82, 2.24) is 15.0 Å². The van der Waals surface area contributed by atoms with Crippen molar-refractivity contribution >= 4 is 0 Å². The number of rotatable bonds is 6. The van der Waals surface area contributed by atoms with Crippen LogP contribution in [0.4, 0.5) is 0 Å². The highest BCUT2D eigenvalue weighted by Crippen LogP contribution is 2.14. The molecular weight excluding hydrogens is 230 g/mol. The first-order valence-corrected chi connectivity index (χ1v) is 6.71. The van der Waals surface area contributed by atoms with E-state index in [1.807, 2.05) is 0 Å². The maximum atomic E-state index is 5.38. The van der Waals surface area contributed by atoms with Crippen LogP contribution in [0, 0.1) is 11.8 Å². The van der Waals surface area contributed by atoms with E-state index < -0.39 is 0 Å². The molecule has 5 nitrogen and oxygen atoms in total. The summed E-state index contributed by atoms with van der Waals surface area (Å²) >= 11 is 0. The standard InChI is InChI=1S/C13H23N3O2/c1-10(2)6-12-14-13(18-15-12)8-16(3)7-11-4-5-17-9-11/h10-11H,4-9H2,1-3H3/t11-/m0/s1. The largest absolute Gasteiger partial charge is 0.381 e. The maximum absolute atomic E-state index is 5.38. The van der Waals surface area contributed by atoms with Gasteiger partial charge in [0.15, 0.2) is 5.82 Å². The van der Waals surface area contributed by atoms with Crippen LogP contribution >= 0.6 is 0 Å². The van der Waals surface area contributed by atoms with Gasteiger partial charge in [0.1, 0.15) is 0 Å². The number of ether oxygens (including phenoxy) is 1. The number of aromatic nitrogens is 2. The minimum absolute atomic E-state index is 0.559. The Bertz CT molecular complexity index is 359. The molecule has 1 atom stereocenters. The van der Waals surface area contributed by atoms with Gasteiger partial charge in [-0.05, 0) is 25.3 Å². The van der Waals surface area contributed by atoms with Gasteiger partial charge in [0.05, 0.1) is 13.2 Å². The third kappa shape index (κ3) is 4.07. The molecule has 1 aromatic rings. The molecule has 2 heterocycles. The highest BCUT2D eigenvalue weighted by atomic mass is 16.5. The lowest BCUT2D eigenvalue weighted by Gasteiger charge is -2.17. The Morgan fingerprint density at radius 3 is 2.94 bits per heavy atom. The molecule has 0 radical (unpaired) electrons. The minimum atomic E-state index is 0.559. The molecule has 18 heavy (non-hydrogen) atoms. The predicted molar refractivity (Wildman–Crippen MR) is 68.1 cm³/mol. The quantitative estimate of drug-likeness (QED) is 0.773. The molecule has 1 saturated heterocycles. The van der Waals surface area contributed by atoms with Crippen molar-refractivity contribution in [3.05, 3.63) is 11.7 Å². The third-order valence-corrected chi connectivity index (χ3v) is 3.10. The first kappa shape index (κ1) is 13.5. The molecule has 0 bridgehead atoms. The van der Waals surface area contributed by atoms with Crippen LogP contribution in [0.15, 0.2) is 4.52 Å². The van der Waals surface area contributed by atoms with Gasteiger partial charge in [-0.3, -0.25) is 4.90 Å². The van der Waals surface area contributed by atoms with Crippen LogP contribution in [0.3, 0.4) is 0 Å². The molecule has 0 spiro atoms. The van der Waals surface area contributed by atoms with Crippen LogP contribution in [0.25, 0.3) is 0 Å². The predicted octanol–water partition coefficient (Wildman–Crippen LogP) is 1.74. The molecule has 1 fully saturated rings.